The zero-order valence-corrected chi connectivity index (χ0v) is 26.1. The second-order valence-corrected chi connectivity index (χ2v) is 12.3. The molecule has 0 radical (unpaired) electrons. The smallest absolute Gasteiger partial charge is 0.410 e. The summed E-state index contributed by atoms with van der Waals surface area (Å²) in [6.07, 6.45) is 0.188. The van der Waals surface area contributed by atoms with Gasteiger partial charge in [-0.2, -0.15) is 0 Å². The summed E-state index contributed by atoms with van der Waals surface area (Å²) >= 11 is 6.07. The highest BCUT2D eigenvalue weighted by atomic mass is 35.5. The van der Waals surface area contributed by atoms with Crippen LogP contribution in [0.3, 0.4) is 0 Å². The van der Waals surface area contributed by atoms with Gasteiger partial charge in [0.15, 0.2) is 0 Å². The fourth-order valence-electron chi connectivity index (χ4n) is 5.30. The first-order chi connectivity index (χ1) is 21.2. The van der Waals surface area contributed by atoms with E-state index in [0.29, 0.717) is 36.0 Å². The summed E-state index contributed by atoms with van der Waals surface area (Å²) in [5.41, 5.74) is 1.94. The molecule has 0 bridgehead atoms. The molecule has 1 fully saturated rings. The summed E-state index contributed by atoms with van der Waals surface area (Å²) < 4.78 is 23.3. The van der Waals surface area contributed by atoms with Crippen LogP contribution in [0.2, 0.25) is 5.02 Å². The fourth-order valence-corrected chi connectivity index (χ4v) is 5.51. The number of esters is 1. The lowest BCUT2D eigenvalue weighted by molar-refractivity contribution is -0.0359. The molecule has 0 aromatic heterocycles. The van der Waals surface area contributed by atoms with Gasteiger partial charge < -0.3 is 23.8 Å². The van der Waals surface area contributed by atoms with E-state index in [1.54, 1.807) is 29.2 Å². The van der Waals surface area contributed by atoms with Gasteiger partial charge >= 0.3 is 12.1 Å². The predicted octanol–water partition coefficient (Wildman–Crippen LogP) is 8.04. The first-order valence-corrected chi connectivity index (χ1v) is 15.3. The Hall–Kier alpha value is -4.07. The van der Waals surface area contributed by atoms with Crippen molar-refractivity contribution in [1.29, 1.82) is 0 Å². The van der Waals surface area contributed by atoms with Crippen molar-refractivity contribution in [3.8, 4) is 5.75 Å². The maximum absolute atomic E-state index is 12.9. The molecule has 1 saturated heterocycles. The van der Waals surface area contributed by atoms with Crippen LogP contribution < -0.4 is 4.74 Å². The minimum absolute atomic E-state index is 0.0831. The summed E-state index contributed by atoms with van der Waals surface area (Å²) in [5, 5.41) is 2.70. The number of piperidine rings is 1. The largest absolute Gasteiger partial charge is 0.490 e. The monoisotopic (exact) mass is 615 g/mol. The predicted molar refractivity (Wildman–Crippen MR) is 171 cm³/mol. The number of likely N-dealkylation sites (tertiary alicyclic amines) is 1. The molecule has 8 heteroatoms. The second kappa shape index (κ2) is 14.1. The van der Waals surface area contributed by atoms with Crippen molar-refractivity contribution in [1.82, 2.24) is 4.90 Å². The van der Waals surface area contributed by atoms with Crippen molar-refractivity contribution in [2.45, 2.75) is 51.4 Å². The third-order valence-electron chi connectivity index (χ3n) is 7.48. The lowest BCUT2D eigenvalue weighted by Crippen LogP contribution is -2.48. The molecule has 4 aromatic rings. The summed E-state index contributed by atoms with van der Waals surface area (Å²) in [4.78, 5) is 26.9. The number of fused-ring (bicyclic) bond motifs is 1. The third-order valence-corrected chi connectivity index (χ3v) is 7.81. The van der Waals surface area contributed by atoms with E-state index in [9.17, 15) is 9.59 Å². The quantitative estimate of drug-likeness (QED) is 0.140. The molecular weight excluding hydrogens is 578 g/mol. The highest BCUT2D eigenvalue weighted by molar-refractivity contribution is 6.33. The van der Waals surface area contributed by atoms with Crippen LogP contribution in [0.25, 0.3) is 10.8 Å². The normalized spacial score (nSPS) is 16.9. The van der Waals surface area contributed by atoms with E-state index in [2.05, 4.69) is 30.3 Å². The molecule has 1 heterocycles. The number of nitrogens with zero attached hydrogens (tertiary/aromatic N) is 1. The van der Waals surface area contributed by atoms with Gasteiger partial charge in [0.1, 0.15) is 24.6 Å². The lowest BCUT2D eigenvalue weighted by atomic mass is 9.87. The molecule has 2 atom stereocenters. The molecule has 1 amide bonds. The molecule has 1 aliphatic rings. The van der Waals surface area contributed by atoms with Crippen LogP contribution in [0.1, 0.15) is 54.6 Å². The van der Waals surface area contributed by atoms with Gasteiger partial charge in [-0.05, 0) is 79.4 Å². The minimum Gasteiger partial charge on any atom is -0.490 e. The minimum atomic E-state index is -0.571. The van der Waals surface area contributed by atoms with E-state index in [4.69, 9.17) is 30.5 Å². The van der Waals surface area contributed by atoms with E-state index in [0.717, 1.165) is 17.5 Å². The van der Waals surface area contributed by atoms with Crippen LogP contribution in [0.4, 0.5) is 4.79 Å². The van der Waals surface area contributed by atoms with E-state index >= 15 is 0 Å². The van der Waals surface area contributed by atoms with Gasteiger partial charge in [0.25, 0.3) is 0 Å². The van der Waals surface area contributed by atoms with Gasteiger partial charge in [0, 0.05) is 12.5 Å². The number of amides is 1. The van der Waals surface area contributed by atoms with Gasteiger partial charge in [-0.25, -0.2) is 9.59 Å². The van der Waals surface area contributed by atoms with Crippen molar-refractivity contribution in [2.75, 3.05) is 26.3 Å². The number of halogens is 1. The Balaban J connectivity index is 1.21. The van der Waals surface area contributed by atoms with Crippen LogP contribution in [0.5, 0.6) is 5.75 Å². The average Bonchev–Trinajstić information content (AvgIpc) is 3.01. The number of rotatable bonds is 9. The Morgan fingerprint density at radius 2 is 1.61 bits per heavy atom. The molecule has 0 aliphatic carbocycles. The second-order valence-electron chi connectivity index (χ2n) is 11.9. The van der Waals surface area contributed by atoms with Gasteiger partial charge in [-0.3, -0.25) is 0 Å². The van der Waals surface area contributed by atoms with E-state index in [1.807, 2.05) is 57.2 Å². The third kappa shape index (κ3) is 8.30. The Morgan fingerprint density at radius 1 is 0.886 bits per heavy atom. The number of carbonyl (C=O) groups is 2. The highest BCUT2D eigenvalue weighted by Crippen LogP contribution is 2.33. The van der Waals surface area contributed by atoms with Crippen LogP contribution in [0, 0.1) is 0 Å². The number of ether oxygens (including phenoxy) is 4. The van der Waals surface area contributed by atoms with Crippen molar-refractivity contribution >= 4 is 34.4 Å². The number of hydrogen-bond acceptors (Lipinski definition) is 6. The first-order valence-electron chi connectivity index (χ1n) is 14.9. The fraction of sp³-hybridized carbons (Fsp3) is 0.333. The molecule has 2 unspecified atom stereocenters. The molecule has 44 heavy (non-hydrogen) atoms. The Morgan fingerprint density at radius 3 is 2.36 bits per heavy atom. The molecule has 0 N–H and O–H groups in total. The van der Waals surface area contributed by atoms with Crippen LogP contribution in [-0.2, 0) is 20.8 Å². The Labute approximate surface area is 263 Å². The van der Waals surface area contributed by atoms with Crippen LogP contribution in [-0.4, -0.2) is 55.0 Å². The molecule has 5 rings (SSSR count). The summed E-state index contributed by atoms with van der Waals surface area (Å²) in [6.45, 7) is 7.36. The maximum atomic E-state index is 12.9. The summed E-state index contributed by atoms with van der Waals surface area (Å²) in [7, 11) is 0. The van der Waals surface area contributed by atoms with Gasteiger partial charge in [0.2, 0.25) is 0 Å². The molecule has 4 aromatic carbocycles. The topological polar surface area (TPSA) is 74.3 Å². The molecule has 0 spiro atoms. The standard InChI is InChI=1S/C36H38ClNO6/c1-36(2,3)44-35(40)38-19-18-30(33(23-38)43-24-25-12-13-26-8-4-5-9-28(26)22-25)27-14-16-29(17-15-27)41-20-21-42-34(39)31-10-6-7-11-32(31)37/h4-17,22,30,33H,18-21,23-24H2,1-3H3. The van der Waals surface area contributed by atoms with E-state index in [-0.39, 0.29) is 31.3 Å². The van der Waals surface area contributed by atoms with Gasteiger partial charge in [0.05, 0.1) is 29.8 Å². The van der Waals surface area contributed by atoms with Gasteiger partial charge in [-0.15, -0.1) is 0 Å². The lowest BCUT2D eigenvalue weighted by Gasteiger charge is -2.39. The van der Waals surface area contributed by atoms with Crippen molar-refractivity contribution in [3.05, 3.63) is 113 Å². The molecule has 1 aliphatic heterocycles. The van der Waals surface area contributed by atoms with Crippen molar-refractivity contribution < 1.29 is 28.5 Å². The Bertz CT molecular complexity index is 1580. The van der Waals surface area contributed by atoms with Gasteiger partial charge in [-0.1, -0.05) is 72.3 Å². The first kappa shape index (κ1) is 31.4. The zero-order valence-electron chi connectivity index (χ0n) is 25.3. The maximum Gasteiger partial charge on any atom is 0.410 e. The number of benzene rings is 4. The SMILES string of the molecule is CC(C)(C)OC(=O)N1CCC(c2ccc(OCCOC(=O)c3ccccc3Cl)cc2)C(OCc2ccc3ccccc3c2)C1. The average molecular weight is 616 g/mol. The number of carbonyl (C=O) groups excluding carboxylic acids is 2. The van der Waals surface area contributed by atoms with Crippen molar-refractivity contribution in [3.63, 3.8) is 0 Å². The summed E-state index contributed by atoms with van der Waals surface area (Å²) in [5.74, 6) is 0.268. The summed E-state index contributed by atoms with van der Waals surface area (Å²) in [6, 6.07) is 29.3. The van der Waals surface area contributed by atoms with E-state index < -0.39 is 11.6 Å². The van der Waals surface area contributed by atoms with Crippen LogP contribution in [0.15, 0.2) is 91.0 Å². The molecule has 0 saturated carbocycles. The number of hydrogen-bond donors (Lipinski definition) is 0. The van der Waals surface area contributed by atoms with Crippen molar-refractivity contribution in [2.24, 2.45) is 0 Å². The molecular formula is C36H38ClNO6. The zero-order chi connectivity index (χ0) is 31.1. The van der Waals surface area contributed by atoms with Crippen LogP contribution >= 0.6 is 11.6 Å². The Kier molecular flexibility index (Phi) is 10.1. The highest BCUT2D eigenvalue weighted by Gasteiger charge is 2.35. The molecule has 7 nitrogen and oxygen atoms in total. The van der Waals surface area contributed by atoms with E-state index in [1.165, 1.54) is 10.8 Å². The molecule has 230 valence electrons.